The largest absolute Gasteiger partial charge is 0.495 e. The first-order valence-corrected chi connectivity index (χ1v) is 12.4. The lowest BCUT2D eigenvalue weighted by Crippen LogP contribution is -2.30. The molecule has 0 saturated carbocycles. The van der Waals surface area contributed by atoms with Crippen molar-refractivity contribution in [3.63, 3.8) is 0 Å². The zero-order valence-corrected chi connectivity index (χ0v) is 22.6. The van der Waals surface area contributed by atoms with Crippen LogP contribution in [-0.2, 0) is 20.8 Å². The molecule has 0 bridgehead atoms. The molecule has 1 aromatic carbocycles. The Morgan fingerprint density at radius 2 is 1.95 bits per heavy atom. The van der Waals surface area contributed by atoms with Gasteiger partial charge in [0.2, 0.25) is 5.91 Å². The minimum Gasteiger partial charge on any atom is -0.495 e. The molecular weight excluding hydrogens is 490 g/mol. The highest BCUT2D eigenvalue weighted by atomic mass is 32.1. The quantitative estimate of drug-likeness (QED) is 0.387. The van der Waals surface area contributed by atoms with E-state index in [-0.39, 0.29) is 24.6 Å². The molecule has 4 rings (SSSR count). The van der Waals surface area contributed by atoms with Crippen molar-refractivity contribution in [1.82, 2.24) is 14.9 Å². The van der Waals surface area contributed by atoms with Gasteiger partial charge in [0.1, 0.15) is 12.4 Å². The van der Waals surface area contributed by atoms with E-state index in [1.54, 1.807) is 20.4 Å². The van der Waals surface area contributed by atoms with Crippen LogP contribution in [0.5, 0.6) is 5.75 Å². The van der Waals surface area contributed by atoms with E-state index in [9.17, 15) is 4.79 Å². The number of methoxy groups -OCH3 is 3. The molecule has 196 valence electrons. The molecule has 2 aromatic heterocycles. The summed E-state index contributed by atoms with van der Waals surface area (Å²) >= 11 is 5.89. The topological polar surface area (TPSA) is 89.9 Å². The highest BCUT2D eigenvalue weighted by Crippen LogP contribution is 2.44. The standard InChI is InChI=1S/C27H33N5O4S/c1-17-14-20(18(2)31(17)12-13-34-3)26-25(21-8-6-7-11-28-21)30-27(37)32(26)19-9-10-23(36-5)22(15-19)29-24(33)16-35-4/h6-11,14-15,25-26H,12-13,16H2,1-5H3,(H,29,33)(H,30,37)/t25-,26+/m1/s1. The number of aryl methyl sites for hydroxylation is 1. The number of anilines is 2. The number of hydrogen-bond donors (Lipinski definition) is 2. The predicted octanol–water partition coefficient (Wildman–Crippen LogP) is 3.92. The molecule has 0 unspecified atom stereocenters. The number of ether oxygens (including phenoxy) is 3. The fourth-order valence-electron chi connectivity index (χ4n) is 4.86. The molecule has 0 radical (unpaired) electrons. The zero-order valence-electron chi connectivity index (χ0n) is 21.8. The Morgan fingerprint density at radius 3 is 2.62 bits per heavy atom. The second-order valence-electron chi connectivity index (χ2n) is 8.83. The maximum Gasteiger partial charge on any atom is 0.250 e. The number of benzene rings is 1. The third-order valence-electron chi connectivity index (χ3n) is 6.56. The maximum atomic E-state index is 12.3. The van der Waals surface area contributed by atoms with Crippen molar-refractivity contribution in [3.8, 4) is 5.75 Å². The zero-order chi connectivity index (χ0) is 26.5. The lowest BCUT2D eigenvalue weighted by Gasteiger charge is -2.29. The number of nitrogens with zero attached hydrogens (tertiary/aromatic N) is 3. The summed E-state index contributed by atoms with van der Waals surface area (Å²) in [5.74, 6) is 0.270. The summed E-state index contributed by atoms with van der Waals surface area (Å²) in [5.41, 5.74) is 5.66. The number of nitrogens with one attached hydrogen (secondary N) is 2. The molecule has 1 fully saturated rings. The van der Waals surface area contributed by atoms with Crippen molar-refractivity contribution in [1.29, 1.82) is 0 Å². The number of amides is 1. The number of pyridine rings is 1. The van der Waals surface area contributed by atoms with E-state index in [2.05, 4.69) is 45.0 Å². The van der Waals surface area contributed by atoms with Crippen LogP contribution in [0.3, 0.4) is 0 Å². The van der Waals surface area contributed by atoms with Crippen LogP contribution in [0.25, 0.3) is 0 Å². The van der Waals surface area contributed by atoms with Crippen molar-refractivity contribution in [2.75, 3.05) is 44.8 Å². The Kier molecular flexibility index (Phi) is 8.42. The molecule has 9 nitrogen and oxygen atoms in total. The minimum absolute atomic E-state index is 0.0606. The molecule has 1 aliphatic heterocycles. The molecule has 3 aromatic rings. The average molecular weight is 524 g/mol. The van der Waals surface area contributed by atoms with Gasteiger partial charge in [0.05, 0.1) is 37.2 Å². The van der Waals surface area contributed by atoms with Crippen molar-refractivity contribution in [3.05, 3.63) is 71.3 Å². The SMILES string of the molecule is COCCn1c(C)cc([C@H]2[C@@H](c3ccccn3)NC(=S)N2c2ccc(OC)c(NC(=O)COC)c2)c1C. The fraction of sp³-hybridized carbons (Fsp3) is 0.370. The van der Waals surface area contributed by atoms with Crippen LogP contribution in [-0.4, -0.2) is 55.1 Å². The van der Waals surface area contributed by atoms with E-state index in [1.807, 2.05) is 36.4 Å². The van der Waals surface area contributed by atoms with Gasteiger partial charge in [-0.3, -0.25) is 9.78 Å². The van der Waals surface area contributed by atoms with Gasteiger partial charge in [-0.1, -0.05) is 6.07 Å². The Hall–Kier alpha value is -3.47. The van der Waals surface area contributed by atoms with Gasteiger partial charge in [-0.15, -0.1) is 0 Å². The van der Waals surface area contributed by atoms with Crippen molar-refractivity contribution >= 4 is 34.6 Å². The van der Waals surface area contributed by atoms with Crippen LogP contribution in [0.2, 0.25) is 0 Å². The maximum absolute atomic E-state index is 12.3. The third kappa shape index (κ3) is 5.46. The molecule has 2 N–H and O–H groups in total. The Balaban J connectivity index is 1.82. The number of carbonyl (C=O) groups is 1. The second kappa shape index (κ2) is 11.7. The number of carbonyl (C=O) groups excluding carboxylic acids is 1. The summed E-state index contributed by atoms with van der Waals surface area (Å²) in [7, 11) is 4.75. The van der Waals surface area contributed by atoms with Crippen LogP contribution >= 0.6 is 12.2 Å². The van der Waals surface area contributed by atoms with Gasteiger partial charge in [-0.25, -0.2) is 0 Å². The first-order valence-electron chi connectivity index (χ1n) is 12.0. The van der Waals surface area contributed by atoms with Crippen molar-refractivity contribution in [2.45, 2.75) is 32.5 Å². The third-order valence-corrected chi connectivity index (χ3v) is 6.87. The fourth-order valence-corrected chi connectivity index (χ4v) is 5.21. The lowest BCUT2D eigenvalue weighted by atomic mass is 9.96. The van der Waals surface area contributed by atoms with Crippen LogP contribution in [0.4, 0.5) is 11.4 Å². The van der Waals surface area contributed by atoms with Gasteiger partial charge >= 0.3 is 0 Å². The number of rotatable bonds is 10. The molecule has 1 amide bonds. The molecule has 37 heavy (non-hydrogen) atoms. The number of hydrogen-bond acceptors (Lipinski definition) is 6. The monoisotopic (exact) mass is 523 g/mol. The second-order valence-corrected chi connectivity index (χ2v) is 9.22. The van der Waals surface area contributed by atoms with Crippen LogP contribution in [0.1, 0.15) is 34.7 Å². The molecule has 3 heterocycles. The first kappa shape index (κ1) is 26.6. The average Bonchev–Trinajstić information content (AvgIpc) is 3.38. The van der Waals surface area contributed by atoms with E-state index in [1.165, 1.54) is 7.11 Å². The van der Waals surface area contributed by atoms with Gasteiger partial charge in [0.15, 0.2) is 5.11 Å². The minimum atomic E-state index is -0.273. The lowest BCUT2D eigenvalue weighted by molar-refractivity contribution is -0.119. The summed E-state index contributed by atoms with van der Waals surface area (Å²) in [6.07, 6.45) is 1.79. The Labute approximate surface area is 222 Å². The van der Waals surface area contributed by atoms with Crippen LogP contribution in [0.15, 0.2) is 48.7 Å². The summed E-state index contributed by atoms with van der Waals surface area (Å²) in [6, 6.07) is 13.4. The van der Waals surface area contributed by atoms with E-state index >= 15 is 0 Å². The molecule has 0 aliphatic carbocycles. The van der Waals surface area contributed by atoms with Crippen molar-refractivity contribution in [2.24, 2.45) is 0 Å². The summed E-state index contributed by atoms with van der Waals surface area (Å²) in [5, 5.41) is 6.95. The molecule has 0 spiro atoms. The van der Waals surface area contributed by atoms with Gasteiger partial charge in [0, 0.05) is 44.0 Å². The van der Waals surface area contributed by atoms with Gasteiger partial charge in [-0.2, -0.15) is 0 Å². The Bertz CT molecular complexity index is 1260. The van der Waals surface area contributed by atoms with E-state index in [0.717, 1.165) is 34.9 Å². The van der Waals surface area contributed by atoms with E-state index in [0.29, 0.717) is 23.2 Å². The van der Waals surface area contributed by atoms with Gasteiger partial charge in [-0.05, 0) is 68.0 Å². The molecule has 1 saturated heterocycles. The highest BCUT2D eigenvalue weighted by Gasteiger charge is 2.42. The van der Waals surface area contributed by atoms with Gasteiger partial charge < -0.3 is 34.3 Å². The Morgan fingerprint density at radius 1 is 1.14 bits per heavy atom. The first-order chi connectivity index (χ1) is 17.9. The molecule has 2 atom stereocenters. The normalized spacial score (nSPS) is 17.1. The van der Waals surface area contributed by atoms with Gasteiger partial charge in [0.25, 0.3) is 0 Å². The number of thiocarbonyl (C=S) groups is 1. The molecule has 1 aliphatic rings. The summed E-state index contributed by atoms with van der Waals surface area (Å²) in [6.45, 7) is 5.54. The smallest absolute Gasteiger partial charge is 0.250 e. The highest BCUT2D eigenvalue weighted by molar-refractivity contribution is 7.80. The molecular formula is C27H33N5O4S. The van der Waals surface area contributed by atoms with E-state index < -0.39 is 0 Å². The van der Waals surface area contributed by atoms with Crippen LogP contribution in [0, 0.1) is 13.8 Å². The van der Waals surface area contributed by atoms with E-state index in [4.69, 9.17) is 26.4 Å². The molecule has 10 heteroatoms. The summed E-state index contributed by atoms with van der Waals surface area (Å²) < 4.78 is 18.1. The summed E-state index contributed by atoms with van der Waals surface area (Å²) in [4.78, 5) is 19.0. The number of aromatic nitrogens is 2. The van der Waals surface area contributed by atoms with Crippen molar-refractivity contribution < 1.29 is 19.0 Å². The predicted molar refractivity (Wildman–Crippen MR) is 147 cm³/mol. The van der Waals surface area contributed by atoms with Crippen LogP contribution < -0.4 is 20.3 Å².